The third kappa shape index (κ3) is 2.02. The maximum Gasteiger partial charge on any atom is 0.144 e. The zero-order chi connectivity index (χ0) is 13.2. The molecule has 1 N–H and O–H groups in total. The number of hydrogen-bond donors (Lipinski definition) is 1. The Morgan fingerprint density at radius 2 is 1.44 bits per heavy atom. The third-order valence-corrected chi connectivity index (χ3v) is 3.50. The molecule has 0 spiro atoms. The molecule has 0 aliphatic rings. The number of benzene rings is 2. The molecule has 0 aliphatic heterocycles. The molecular weight excluding hydrogens is 224 g/mol. The Morgan fingerprint density at radius 3 is 1.94 bits per heavy atom. The summed E-state index contributed by atoms with van der Waals surface area (Å²) in [7, 11) is 0. The normalized spacial score (nSPS) is 13.9. The molecule has 2 aromatic rings. The molecule has 0 amide bonds. The molecule has 0 radical (unpaired) electrons. The van der Waals surface area contributed by atoms with Gasteiger partial charge in [-0.15, -0.1) is 0 Å². The molecule has 2 heteroatoms. The second-order valence-corrected chi connectivity index (χ2v) is 4.59. The molecule has 2 nitrogen and oxygen atoms in total. The second-order valence-electron chi connectivity index (χ2n) is 4.59. The largest absolute Gasteiger partial charge is 0.508 e. The van der Waals surface area contributed by atoms with E-state index >= 15 is 0 Å². The molecule has 0 aromatic heterocycles. The van der Waals surface area contributed by atoms with Gasteiger partial charge in [0.25, 0.3) is 0 Å². The number of carbonyl (C=O) groups excluding carboxylic acids is 1. The van der Waals surface area contributed by atoms with Crippen molar-refractivity contribution < 1.29 is 9.90 Å². The van der Waals surface area contributed by atoms with Crippen LogP contribution in [-0.2, 0) is 10.2 Å². The minimum absolute atomic E-state index is 0.0828. The van der Waals surface area contributed by atoms with Crippen LogP contribution >= 0.6 is 0 Å². The molecule has 0 saturated heterocycles. The standard InChI is InChI=1S/C16H16O2/c1-12(17)16(2,13-6-4-3-5-7-13)14-8-10-15(18)11-9-14/h3-11,18H,1-2H3. The summed E-state index contributed by atoms with van der Waals surface area (Å²) in [5, 5.41) is 9.35. The lowest BCUT2D eigenvalue weighted by molar-refractivity contribution is -0.120. The first-order valence-electron chi connectivity index (χ1n) is 5.91. The Labute approximate surface area is 107 Å². The molecule has 1 atom stereocenters. The van der Waals surface area contributed by atoms with E-state index in [-0.39, 0.29) is 11.5 Å². The Bertz CT molecular complexity index is 543. The van der Waals surface area contributed by atoms with Crippen LogP contribution < -0.4 is 0 Å². The summed E-state index contributed by atoms with van der Waals surface area (Å²) in [6, 6.07) is 16.5. The van der Waals surface area contributed by atoms with Crippen molar-refractivity contribution in [3.63, 3.8) is 0 Å². The lowest BCUT2D eigenvalue weighted by Crippen LogP contribution is -2.31. The average Bonchev–Trinajstić information content (AvgIpc) is 2.39. The van der Waals surface area contributed by atoms with E-state index in [4.69, 9.17) is 0 Å². The van der Waals surface area contributed by atoms with E-state index in [1.807, 2.05) is 37.3 Å². The predicted molar refractivity (Wildman–Crippen MR) is 71.7 cm³/mol. The summed E-state index contributed by atoms with van der Waals surface area (Å²) in [4.78, 5) is 12.1. The third-order valence-electron chi connectivity index (χ3n) is 3.50. The fourth-order valence-electron chi connectivity index (χ4n) is 2.14. The maximum atomic E-state index is 12.1. The average molecular weight is 240 g/mol. The molecule has 0 fully saturated rings. The smallest absolute Gasteiger partial charge is 0.144 e. The molecule has 2 aromatic carbocycles. The molecule has 92 valence electrons. The van der Waals surface area contributed by atoms with Crippen LogP contribution in [-0.4, -0.2) is 10.9 Å². The molecule has 1 unspecified atom stereocenters. The number of carbonyl (C=O) groups is 1. The molecule has 18 heavy (non-hydrogen) atoms. The van der Waals surface area contributed by atoms with Gasteiger partial charge in [-0.25, -0.2) is 0 Å². The minimum Gasteiger partial charge on any atom is -0.508 e. The summed E-state index contributed by atoms with van der Waals surface area (Å²) in [5.41, 5.74) is 1.18. The SMILES string of the molecule is CC(=O)C(C)(c1ccccc1)c1ccc(O)cc1. The van der Waals surface area contributed by atoms with Gasteiger partial charge in [-0.3, -0.25) is 4.79 Å². The van der Waals surface area contributed by atoms with E-state index in [2.05, 4.69) is 0 Å². The van der Waals surface area contributed by atoms with Gasteiger partial charge in [0.15, 0.2) is 0 Å². The summed E-state index contributed by atoms with van der Waals surface area (Å²) in [6.07, 6.45) is 0. The molecule has 2 rings (SSSR count). The van der Waals surface area contributed by atoms with Crippen molar-refractivity contribution in [2.24, 2.45) is 0 Å². The molecule has 0 heterocycles. The van der Waals surface area contributed by atoms with Crippen molar-refractivity contribution in [3.8, 4) is 5.75 Å². The first kappa shape index (κ1) is 12.4. The predicted octanol–water partition coefficient (Wildman–Crippen LogP) is 3.29. The number of phenols is 1. The van der Waals surface area contributed by atoms with Crippen LogP contribution in [0.1, 0.15) is 25.0 Å². The molecule has 0 saturated carbocycles. The fraction of sp³-hybridized carbons (Fsp3) is 0.188. The van der Waals surface area contributed by atoms with Gasteiger partial charge >= 0.3 is 0 Å². The Hall–Kier alpha value is -2.09. The van der Waals surface area contributed by atoms with Crippen molar-refractivity contribution in [1.82, 2.24) is 0 Å². The van der Waals surface area contributed by atoms with Crippen molar-refractivity contribution in [1.29, 1.82) is 0 Å². The fourth-order valence-corrected chi connectivity index (χ4v) is 2.14. The van der Waals surface area contributed by atoms with E-state index in [9.17, 15) is 9.90 Å². The highest BCUT2D eigenvalue weighted by Crippen LogP contribution is 2.33. The van der Waals surface area contributed by atoms with Gasteiger partial charge in [-0.2, -0.15) is 0 Å². The van der Waals surface area contributed by atoms with Gasteiger partial charge in [0.2, 0.25) is 0 Å². The lowest BCUT2D eigenvalue weighted by atomic mass is 9.73. The summed E-state index contributed by atoms with van der Waals surface area (Å²) in [6.45, 7) is 3.51. The highest BCUT2D eigenvalue weighted by molar-refractivity contribution is 5.91. The van der Waals surface area contributed by atoms with E-state index in [0.29, 0.717) is 0 Å². The van der Waals surface area contributed by atoms with Crippen LogP contribution in [0.4, 0.5) is 0 Å². The van der Waals surface area contributed by atoms with Crippen LogP contribution in [0.2, 0.25) is 0 Å². The highest BCUT2D eigenvalue weighted by Gasteiger charge is 2.33. The Kier molecular flexibility index (Phi) is 3.19. The topological polar surface area (TPSA) is 37.3 Å². The van der Waals surface area contributed by atoms with Crippen molar-refractivity contribution in [2.45, 2.75) is 19.3 Å². The summed E-state index contributed by atoms with van der Waals surface area (Å²) >= 11 is 0. The number of Topliss-reactive ketones (excluding diaryl/α,β-unsaturated/α-hetero) is 1. The van der Waals surface area contributed by atoms with Crippen LogP contribution in [0.25, 0.3) is 0 Å². The summed E-state index contributed by atoms with van der Waals surface area (Å²) < 4.78 is 0. The quantitative estimate of drug-likeness (QED) is 0.893. The van der Waals surface area contributed by atoms with Crippen LogP contribution in [0, 0.1) is 0 Å². The van der Waals surface area contributed by atoms with Gasteiger partial charge < -0.3 is 5.11 Å². The highest BCUT2D eigenvalue weighted by atomic mass is 16.3. The van der Waals surface area contributed by atoms with Crippen molar-refractivity contribution in [3.05, 3.63) is 65.7 Å². The van der Waals surface area contributed by atoms with Crippen LogP contribution in [0.15, 0.2) is 54.6 Å². The number of ketones is 1. The van der Waals surface area contributed by atoms with Crippen molar-refractivity contribution >= 4 is 5.78 Å². The first-order chi connectivity index (χ1) is 8.55. The van der Waals surface area contributed by atoms with E-state index in [1.165, 1.54) is 0 Å². The van der Waals surface area contributed by atoms with E-state index in [0.717, 1.165) is 11.1 Å². The van der Waals surface area contributed by atoms with Crippen LogP contribution in [0.3, 0.4) is 0 Å². The minimum atomic E-state index is -0.672. The lowest BCUT2D eigenvalue weighted by Gasteiger charge is -2.28. The Balaban J connectivity index is 2.58. The first-order valence-corrected chi connectivity index (χ1v) is 5.91. The van der Waals surface area contributed by atoms with Gasteiger partial charge in [0.1, 0.15) is 11.5 Å². The Morgan fingerprint density at radius 1 is 0.944 bits per heavy atom. The number of aromatic hydroxyl groups is 1. The number of hydrogen-bond acceptors (Lipinski definition) is 2. The number of phenolic OH excluding ortho intramolecular Hbond substituents is 1. The summed E-state index contributed by atoms with van der Waals surface area (Å²) in [5.74, 6) is 0.289. The zero-order valence-electron chi connectivity index (χ0n) is 10.6. The maximum absolute atomic E-state index is 12.1. The van der Waals surface area contributed by atoms with E-state index < -0.39 is 5.41 Å². The number of rotatable bonds is 3. The monoisotopic (exact) mass is 240 g/mol. The molecule has 0 aliphatic carbocycles. The van der Waals surface area contributed by atoms with Gasteiger partial charge in [-0.05, 0) is 37.1 Å². The van der Waals surface area contributed by atoms with E-state index in [1.54, 1.807) is 31.2 Å². The van der Waals surface area contributed by atoms with Crippen LogP contribution in [0.5, 0.6) is 5.75 Å². The van der Waals surface area contributed by atoms with Gasteiger partial charge in [0, 0.05) is 0 Å². The molecular formula is C16H16O2. The van der Waals surface area contributed by atoms with Gasteiger partial charge in [-0.1, -0.05) is 42.5 Å². The zero-order valence-corrected chi connectivity index (χ0v) is 10.6. The van der Waals surface area contributed by atoms with Gasteiger partial charge in [0.05, 0.1) is 5.41 Å². The van der Waals surface area contributed by atoms with Crippen molar-refractivity contribution in [2.75, 3.05) is 0 Å². The molecule has 0 bridgehead atoms. The second kappa shape index (κ2) is 4.65.